The summed E-state index contributed by atoms with van der Waals surface area (Å²) in [6, 6.07) is 7.84. The molecular weight excluding hydrogens is 265 g/mol. The summed E-state index contributed by atoms with van der Waals surface area (Å²) in [6.07, 6.45) is 4.49. The van der Waals surface area contributed by atoms with Crippen LogP contribution in [-0.2, 0) is 0 Å². The molecule has 0 radical (unpaired) electrons. The largest absolute Gasteiger partial charge is 0.289 e. The van der Waals surface area contributed by atoms with E-state index in [0.29, 0.717) is 16.3 Å². The summed E-state index contributed by atoms with van der Waals surface area (Å²) >= 11 is 5.65. The zero-order chi connectivity index (χ0) is 13.8. The number of pyridine rings is 1. The predicted molar refractivity (Wildman–Crippen MR) is 73.7 cm³/mol. The molecule has 0 atom stereocenters. The summed E-state index contributed by atoms with van der Waals surface area (Å²) in [5, 5.41) is 0.342. The number of carbonyl (C=O) groups is 1. The SMILES string of the molecule is Cc1cc(/C=C/C(=O)c2ccc(Cl)nc2)ccc1F. The Hall–Kier alpha value is -2.00. The van der Waals surface area contributed by atoms with Crippen molar-refractivity contribution in [1.82, 2.24) is 4.98 Å². The highest BCUT2D eigenvalue weighted by atomic mass is 35.5. The van der Waals surface area contributed by atoms with Gasteiger partial charge in [0.15, 0.2) is 5.78 Å². The van der Waals surface area contributed by atoms with Gasteiger partial charge in [-0.2, -0.15) is 0 Å². The van der Waals surface area contributed by atoms with Crippen LogP contribution in [0.1, 0.15) is 21.5 Å². The van der Waals surface area contributed by atoms with E-state index in [-0.39, 0.29) is 11.6 Å². The van der Waals surface area contributed by atoms with Crippen LogP contribution in [0.15, 0.2) is 42.6 Å². The maximum Gasteiger partial charge on any atom is 0.187 e. The van der Waals surface area contributed by atoms with Gasteiger partial charge in [0.25, 0.3) is 0 Å². The maximum absolute atomic E-state index is 13.1. The molecule has 0 spiro atoms. The van der Waals surface area contributed by atoms with Crippen molar-refractivity contribution in [1.29, 1.82) is 0 Å². The van der Waals surface area contributed by atoms with Crippen LogP contribution in [0.25, 0.3) is 6.08 Å². The number of halogens is 2. The second-order valence-corrected chi connectivity index (χ2v) is 4.46. The van der Waals surface area contributed by atoms with E-state index in [2.05, 4.69) is 4.98 Å². The second-order valence-electron chi connectivity index (χ2n) is 4.08. The Balaban J connectivity index is 2.15. The quantitative estimate of drug-likeness (QED) is 0.480. The lowest BCUT2D eigenvalue weighted by Gasteiger charge is -1.98. The van der Waals surface area contributed by atoms with Crippen molar-refractivity contribution in [3.63, 3.8) is 0 Å². The fraction of sp³-hybridized carbons (Fsp3) is 0.0667. The molecule has 0 unspecified atom stereocenters. The number of carbonyl (C=O) groups excluding carboxylic acids is 1. The molecule has 0 amide bonds. The third-order valence-corrected chi connectivity index (χ3v) is 2.84. The highest BCUT2D eigenvalue weighted by Crippen LogP contribution is 2.12. The van der Waals surface area contributed by atoms with E-state index in [1.165, 1.54) is 18.3 Å². The van der Waals surface area contributed by atoms with Crippen molar-refractivity contribution in [2.75, 3.05) is 0 Å². The van der Waals surface area contributed by atoms with Crippen molar-refractivity contribution in [2.45, 2.75) is 6.92 Å². The fourth-order valence-electron chi connectivity index (χ4n) is 1.56. The van der Waals surface area contributed by atoms with Gasteiger partial charge in [0, 0.05) is 11.8 Å². The van der Waals surface area contributed by atoms with Gasteiger partial charge in [-0.15, -0.1) is 0 Å². The van der Waals surface area contributed by atoms with Crippen LogP contribution < -0.4 is 0 Å². The summed E-state index contributed by atoms with van der Waals surface area (Å²) < 4.78 is 13.1. The number of nitrogens with zero attached hydrogens (tertiary/aromatic N) is 1. The van der Waals surface area contributed by atoms with Crippen LogP contribution in [0.5, 0.6) is 0 Å². The lowest BCUT2D eigenvalue weighted by atomic mass is 10.1. The Kier molecular flexibility index (Phi) is 4.07. The van der Waals surface area contributed by atoms with Crippen molar-refractivity contribution in [2.24, 2.45) is 0 Å². The molecule has 0 aliphatic rings. The summed E-state index contributed by atoms with van der Waals surface area (Å²) in [5.74, 6) is -0.434. The van der Waals surface area contributed by atoms with Crippen LogP contribution >= 0.6 is 11.6 Å². The first kappa shape index (κ1) is 13.4. The summed E-state index contributed by atoms with van der Waals surface area (Å²) in [7, 11) is 0. The Labute approximate surface area is 115 Å². The standard InChI is InChI=1S/C15H11ClFNO/c1-10-8-11(2-5-13(10)17)3-6-14(19)12-4-7-15(16)18-9-12/h2-9H,1H3/b6-3+. The van der Waals surface area contributed by atoms with E-state index >= 15 is 0 Å². The molecule has 2 aromatic rings. The van der Waals surface area contributed by atoms with Gasteiger partial charge in [0.1, 0.15) is 11.0 Å². The second kappa shape index (κ2) is 5.76. The topological polar surface area (TPSA) is 30.0 Å². The van der Waals surface area contributed by atoms with Crippen molar-refractivity contribution < 1.29 is 9.18 Å². The van der Waals surface area contributed by atoms with Crippen molar-refractivity contribution >= 4 is 23.5 Å². The van der Waals surface area contributed by atoms with Gasteiger partial charge in [-0.3, -0.25) is 4.79 Å². The zero-order valence-corrected chi connectivity index (χ0v) is 11.0. The molecule has 0 N–H and O–H groups in total. The molecule has 19 heavy (non-hydrogen) atoms. The van der Waals surface area contributed by atoms with Gasteiger partial charge in [-0.25, -0.2) is 9.37 Å². The lowest BCUT2D eigenvalue weighted by molar-refractivity contribution is 0.104. The van der Waals surface area contributed by atoms with E-state index in [0.717, 1.165) is 5.56 Å². The normalized spacial score (nSPS) is 10.9. The highest BCUT2D eigenvalue weighted by Gasteiger charge is 2.02. The van der Waals surface area contributed by atoms with E-state index in [9.17, 15) is 9.18 Å². The molecule has 0 aliphatic heterocycles. The smallest absolute Gasteiger partial charge is 0.187 e. The van der Waals surface area contributed by atoms with Gasteiger partial charge < -0.3 is 0 Å². The number of aryl methyl sites for hydroxylation is 1. The minimum absolute atomic E-state index is 0.175. The zero-order valence-electron chi connectivity index (χ0n) is 10.2. The minimum atomic E-state index is -0.259. The third-order valence-electron chi connectivity index (χ3n) is 2.62. The molecule has 4 heteroatoms. The molecule has 0 saturated heterocycles. The molecular formula is C15H11ClFNO. The average Bonchev–Trinajstić information content (AvgIpc) is 2.40. The van der Waals surface area contributed by atoms with Crippen LogP contribution in [0.3, 0.4) is 0 Å². The molecule has 1 aromatic heterocycles. The molecule has 2 rings (SSSR count). The van der Waals surface area contributed by atoms with Crippen molar-refractivity contribution in [3.05, 3.63) is 70.3 Å². The summed E-state index contributed by atoms with van der Waals surface area (Å²) in [6.45, 7) is 1.68. The highest BCUT2D eigenvalue weighted by molar-refractivity contribution is 6.29. The Morgan fingerprint density at radius 3 is 2.74 bits per heavy atom. The summed E-state index contributed by atoms with van der Waals surface area (Å²) in [4.78, 5) is 15.7. The number of ketones is 1. The van der Waals surface area contributed by atoms with Crippen LogP contribution in [0.2, 0.25) is 5.15 Å². The number of allylic oxidation sites excluding steroid dienone is 1. The average molecular weight is 276 g/mol. The molecule has 2 nitrogen and oxygen atoms in total. The van der Waals surface area contributed by atoms with Crippen LogP contribution in [-0.4, -0.2) is 10.8 Å². The molecule has 0 aliphatic carbocycles. The molecule has 96 valence electrons. The van der Waals surface area contributed by atoms with E-state index in [4.69, 9.17) is 11.6 Å². The van der Waals surface area contributed by atoms with Gasteiger partial charge in [0.05, 0.1) is 0 Å². The van der Waals surface area contributed by atoms with E-state index in [1.807, 2.05) is 0 Å². The molecule has 0 fully saturated rings. The van der Waals surface area contributed by atoms with Crippen LogP contribution in [0.4, 0.5) is 4.39 Å². The first-order chi connectivity index (χ1) is 9.06. The third kappa shape index (κ3) is 3.48. The minimum Gasteiger partial charge on any atom is -0.289 e. The first-order valence-corrected chi connectivity index (χ1v) is 6.04. The number of hydrogen-bond donors (Lipinski definition) is 0. The molecule has 1 heterocycles. The lowest BCUT2D eigenvalue weighted by Crippen LogP contribution is -1.94. The number of rotatable bonds is 3. The Morgan fingerprint density at radius 1 is 1.32 bits per heavy atom. The number of hydrogen-bond acceptors (Lipinski definition) is 2. The Morgan fingerprint density at radius 2 is 2.11 bits per heavy atom. The van der Waals surface area contributed by atoms with Gasteiger partial charge in [0.2, 0.25) is 0 Å². The first-order valence-electron chi connectivity index (χ1n) is 5.66. The van der Waals surface area contributed by atoms with Gasteiger partial charge in [-0.1, -0.05) is 23.7 Å². The fourth-order valence-corrected chi connectivity index (χ4v) is 1.67. The monoisotopic (exact) mass is 275 g/mol. The van der Waals surface area contributed by atoms with E-state index in [1.54, 1.807) is 37.3 Å². The maximum atomic E-state index is 13.1. The summed E-state index contributed by atoms with van der Waals surface area (Å²) in [5.41, 5.74) is 1.77. The number of aromatic nitrogens is 1. The molecule has 0 saturated carbocycles. The van der Waals surface area contributed by atoms with E-state index < -0.39 is 0 Å². The van der Waals surface area contributed by atoms with Gasteiger partial charge >= 0.3 is 0 Å². The molecule has 0 bridgehead atoms. The van der Waals surface area contributed by atoms with Crippen molar-refractivity contribution in [3.8, 4) is 0 Å². The van der Waals surface area contributed by atoms with Crippen LogP contribution in [0, 0.1) is 12.7 Å². The Bertz CT molecular complexity index is 635. The van der Waals surface area contributed by atoms with Gasteiger partial charge in [-0.05, 0) is 48.4 Å². The number of benzene rings is 1. The predicted octanol–water partition coefficient (Wildman–Crippen LogP) is 4.08. The molecule has 1 aromatic carbocycles.